The smallest absolute Gasteiger partial charge is 0.326 e. The van der Waals surface area contributed by atoms with E-state index in [1.54, 1.807) is 11.8 Å². The third-order valence-corrected chi connectivity index (χ3v) is 6.88. The van der Waals surface area contributed by atoms with Crippen LogP contribution in [0.4, 0.5) is 0 Å². The van der Waals surface area contributed by atoms with Crippen LogP contribution in [0.2, 0.25) is 0 Å². The Bertz CT molecular complexity index is 752. The van der Waals surface area contributed by atoms with Gasteiger partial charge in [0.25, 0.3) is 0 Å². The molecule has 0 saturated carbocycles. The van der Waals surface area contributed by atoms with Gasteiger partial charge in [0.2, 0.25) is 17.7 Å². The van der Waals surface area contributed by atoms with Crippen molar-refractivity contribution in [3.05, 3.63) is 0 Å². The van der Waals surface area contributed by atoms with Gasteiger partial charge in [0.05, 0.1) is 6.04 Å². The molecule has 9 N–H and O–H groups in total. The number of aliphatic carboxylic acids is 1. The molecule has 0 aromatic rings. The van der Waals surface area contributed by atoms with Crippen molar-refractivity contribution in [3.8, 4) is 0 Å². The molecule has 1 rings (SSSR count). The van der Waals surface area contributed by atoms with E-state index in [2.05, 4.69) is 15.6 Å². The Labute approximate surface area is 214 Å². The first kappa shape index (κ1) is 30.8. The molecule has 35 heavy (non-hydrogen) atoms. The van der Waals surface area contributed by atoms with Crippen molar-refractivity contribution in [2.75, 3.05) is 37.1 Å². The first-order chi connectivity index (χ1) is 16.6. The summed E-state index contributed by atoms with van der Waals surface area (Å²) in [5.74, 6) is -1.31. The topological polar surface area (TPSA) is 206 Å². The van der Waals surface area contributed by atoms with Crippen LogP contribution in [0.25, 0.3) is 0 Å². The number of nitrogens with one attached hydrogen (secondary N) is 2. The molecular weight excluding hydrogens is 494 g/mol. The van der Waals surface area contributed by atoms with Gasteiger partial charge in [-0.15, -0.1) is 0 Å². The Balaban J connectivity index is 2.92. The monoisotopic (exact) mass is 533 g/mol. The van der Waals surface area contributed by atoms with Crippen molar-refractivity contribution in [2.45, 2.75) is 62.7 Å². The predicted molar refractivity (Wildman–Crippen MR) is 140 cm³/mol. The number of carboxylic acid groups (broad SMARTS) is 1. The van der Waals surface area contributed by atoms with E-state index in [0.29, 0.717) is 38.0 Å². The average molecular weight is 534 g/mol. The molecule has 14 heteroatoms. The van der Waals surface area contributed by atoms with Gasteiger partial charge in [-0.2, -0.15) is 23.5 Å². The van der Waals surface area contributed by atoms with Crippen LogP contribution < -0.4 is 27.8 Å². The number of nitrogens with two attached hydrogens (primary N) is 3. The maximum absolute atomic E-state index is 13.1. The second kappa shape index (κ2) is 16.5. The Morgan fingerprint density at radius 3 is 2.31 bits per heavy atom. The summed E-state index contributed by atoms with van der Waals surface area (Å²) < 4.78 is 0. The SMILES string of the molecule is CSCCC(N)C(=O)N1CCCC1C(=O)NC(CCCN=C(N)N)C(=O)NC(CCSC)C(=O)O. The van der Waals surface area contributed by atoms with Gasteiger partial charge in [0.1, 0.15) is 18.1 Å². The average Bonchev–Trinajstić information content (AvgIpc) is 3.31. The van der Waals surface area contributed by atoms with Gasteiger partial charge in [-0.3, -0.25) is 19.4 Å². The van der Waals surface area contributed by atoms with Gasteiger partial charge < -0.3 is 37.8 Å². The van der Waals surface area contributed by atoms with Crippen molar-refractivity contribution in [3.63, 3.8) is 0 Å². The summed E-state index contributed by atoms with van der Waals surface area (Å²) >= 11 is 3.06. The lowest BCUT2D eigenvalue weighted by Crippen LogP contribution is -2.56. The number of amides is 3. The number of likely N-dealkylation sites (tertiary alicyclic amines) is 1. The molecule has 0 aromatic heterocycles. The number of hydrogen-bond donors (Lipinski definition) is 6. The van der Waals surface area contributed by atoms with Crippen LogP contribution in [0.15, 0.2) is 4.99 Å². The van der Waals surface area contributed by atoms with E-state index in [4.69, 9.17) is 17.2 Å². The fourth-order valence-electron chi connectivity index (χ4n) is 3.69. The number of rotatable bonds is 16. The molecule has 4 unspecified atom stereocenters. The molecule has 4 atom stereocenters. The molecule has 1 heterocycles. The number of guanidine groups is 1. The number of carbonyl (C=O) groups is 4. The van der Waals surface area contributed by atoms with Crippen molar-refractivity contribution in [2.24, 2.45) is 22.2 Å². The molecular formula is C21H39N7O5S2. The first-order valence-electron chi connectivity index (χ1n) is 11.5. The minimum absolute atomic E-state index is 0.0871. The van der Waals surface area contributed by atoms with Crippen LogP contribution in [0.3, 0.4) is 0 Å². The summed E-state index contributed by atoms with van der Waals surface area (Å²) in [7, 11) is 0. The normalized spacial score (nSPS) is 17.8. The molecule has 0 aliphatic carbocycles. The number of hydrogen-bond acceptors (Lipinski definition) is 8. The molecule has 1 aliphatic rings. The summed E-state index contributed by atoms with van der Waals surface area (Å²) in [6, 6.07) is -3.51. The van der Waals surface area contributed by atoms with Crippen LogP contribution in [-0.4, -0.2) is 101 Å². The van der Waals surface area contributed by atoms with E-state index in [9.17, 15) is 24.3 Å². The molecule has 1 saturated heterocycles. The molecule has 12 nitrogen and oxygen atoms in total. The zero-order valence-corrected chi connectivity index (χ0v) is 22.0. The van der Waals surface area contributed by atoms with Gasteiger partial charge in [-0.25, -0.2) is 4.79 Å². The summed E-state index contributed by atoms with van der Waals surface area (Å²) in [5.41, 5.74) is 16.7. The molecule has 1 fully saturated rings. The number of carboxylic acids is 1. The molecule has 1 aliphatic heterocycles. The van der Waals surface area contributed by atoms with Gasteiger partial charge in [0.15, 0.2) is 5.96 Å². The van der Waals surface area contributed by atoms with Crippen molar-refractivity contribution >= 4 is 53.2 Å². The summed E-state index contributed by atoms with van der Waals surface area (Å²) in [4.78, 5) is 55.8. The first-order valence-corrected chi connectivity index (χ1v) is 14.3. The summed E-state index contributed by atoms with van der Waals surface area (Å²) in [6.07, 6.45) is 6.20. The van der Waals surface area contributed by atoms with Crippen molar-refractivity contribution in [1.29, 1.82) is 0 Å². The van der Waals surface area contributed by atoms with Gasteiger partial charge in [-0.05, 0) is 62.5 Å². The summed E-state index contributed by atoms with van der Waals surface area (Å²) in [6.45, 7) is 0.663. The lowest BCUT2D eigenvalue weighted by atomic mass is 10.1. The number of carbonyl (C=O) groups excluding carboxylic acids is 3. The quantitative estimate of drug-likeness (QED) is 0.0803. The minimum atomic E-state index is -1.15. The zero-order valence-electron chi connectivity index (χ0n) is 20.4. The molecule has 0 radical (unpaired) electrons. The van der Waals surface area contributed by atoms with E-state index in [1.807, 2.05) is 12.5 Å². The third kappa shape index (κ3) is 10.9. The largest absolute Gasteiger partial charge is 0.480 e. The summed E-state index contributed by atoms with van der Waals surface area (Å²) in [5, 5.41) is 14.7. The second-order valence-corrected chi connectivity index (χ2v) is 10.2. The lowest BCUT2D eigenvalue weighted by Gasteiger charge is -2.28. The van der Waals surface area contributed by atoms with E-state index >= 15 is 0 Å². The van der Waals surface area contributed by atoms with E-state index in [1.165, 1.54) is 16.7 Å². The van der Waals surface area contributed by atoms with Gasteiger partial charge in [-0.1, -0.05) is 0 Å². The molecule has 0 spiro atoms. The zero-order chi connectivity index (χ0) is 26.4. The van der Waals surface area contributed by atoms with Gasteiger partial charge in [0, 0.05) is 13.1 Å². The van der Waals surface area contributed by atoms with Crippen LogP contribution in [0, 0.1) is 0 Å². The Morgan fingerprint density at radius 1 is 1.06 bits per heavy atom. The van der Waals surface area contributed by atoms with Crippen molar-refractivity contribution < 1.29 is 24.3 Å². The lowest BCUT2D eigenvalue weighted by molar-refractivity contribution is -0.143. The van der Waals surface area contributed by atoms with Crippen LogP contribution >= 0.6 is 23.5 Å². The maximum atomic E-state index is 13.1. The number of nitrogens with zero attached hydrogens (tertiary/aromatic N) is 2. The minimum Gasteiger partial charge on any atom is -0.480 e. The molecule has 0 bridgehead atoms. The van der Waals surface area contributed by atoms with Crippen LogP contribution in [-0.2, 0) is 19.2 Å². The fraction of sp³-hybridized carbons (Fsp3) is 0.762. The van der Waals surface area contributed by atoms with Crippen molar-refractivity contribution in [1.82, 2.24) is 15.5 Å². The maximum Gasteiger partial charge on any atom is 0.326 e. The Hall–Kier alpha value is -2.19. The van der Waals surface area contributed by atoms with E-state index < -0.39 is 42.0 Å². The fourth-order valence-corrected chi connectivity index (χ4v) is 4.65. The van der Waals surface area contributed by atoms with E-state index in [-0.39, 0.29) is 31.3 Å². The number of thioether (sulfide) groups is 2. The predicted octanol–water partition coefficient (Wildman–Crippen LogP) is -1.08. The molecule has 200 valence electrons. The van der Waals surface area contributed by atoms with E-state index in [0.717, 1.165) is 5.75 Å². The molecule has 3 amide bonds. The Kier molecular flexibility index (Phi) is 14.5. The second-order valence-electron chi connectivity index (χ2n) is 8.27. The van der Waals surface area contributed by atoms with Crippen LogP contribution in [0.5, 0.6) is 0 Å². The number of aliphatic imine (C=N–C) groups is 1. The standard InChI is InChI=1S/C21H39N7O5S2/c1-34-11-7-13(22)19(31)28-10-4-6-16(28)18(30)26-14(5-3-9-25-21(23)24)17(29)27-15(20(32)33)8-12-35-2/h13-16H,3-12,22H2,1-2H3,(H,26,30)(H,27,29)(H,32,33)(H4,23,24,25). The highest BCUT2D eigenvalue weighted by atomic mass is 32.2. The van der Waals surface area contributed by atoms with Crippen LogP contribution in [0.1, 0.15) is 38.5 Å². The molecule has 0 aromatic carbocycles. The highest BCUT2D eigenvalue weighted by Gasteiger charge is 2.37. The van der Waals surface area contributed by atoms with Gasteiger partial charge >= 0.3 is 5.97 Å². The Morgan fingerprint density at radius 2 is 1.71 bits per heavy atom. The third-order valence-electron chi connectivity index (χ3n) is 5.59. The highest BCUT2D eigenvalue weighted by molar-refractivity contribution is 7.98. The highest BCUT2D eigenvalue weighted by Crippen LogP contribution is 2.20.